The van der Waals surface area contributed by atoms with Crippen LogP contribution in [0.2, 0.25) is 0 Å². The smallest absolute Gasteiger partial charge is 0.256 e. The van der Waals surface area contributed by atoms with Gasteiger partial charge in [0.1, 0.15) is 18.0 Å². The van der Waals surface area contributed by atoms with Crippen molar-refractivity contribution in [3.63, 3.8) is 0 Å². The summed E-state index contributed by atoms with van der Waals surface area (Å²) >= 11 is 0. The molecule has 0 aromatic heterocycles. The van der Waals surface area contributed by atoms with Gasteiger partial charge in [-0.3, -0.25) is 9.69 Å². The van der Waals surface area contributed by atoms with E-state index in [0.29, 0.717) is 13.2 Å². The molecule has 1 heterocycles. The molecular formula is C25H40N2O3. The number of carbonyl (C=O) groups is 1. The average Bonchev–Trinajstić information content (AvgIpc) is 3.00. The van der Waals surface area contributed by atoms with Crippen molar-refractivity contribution in [3.05, 3.63) is 24.3 Å². The highest BCUT2D eigenvalue weighted by atomic mass is 16.5. The van der Waals surface area contributed by atoms with Gasteiger partial charge in [-0.1, -0.05) is 39.5 Å². The molecule has 1 amide bonds. The largest absolute Gasteiger partial charge is 0.492 e. The highest BCUT2D eigenvalue weighted by Crippen LogP contribution is 2.32. The zero-order chi connectivity index (χ0) is 21.2. The molecule has 5 heteroatoms. The number of anilines is 1. The third-order valence-corrected chi connectivity index (χ3v) is 6.44. The first-order valence-corrected chi connectivity index (χ1v) is 12.0. The maximum Gasteiger partial charge on any atom is 0.256 e. The number of amides is 1. The van der Waals surface area contributed by atoms with Crippen molar-refractivity contribution >= 4 is 11.6 Å². The molecule has 1 atom stereocenters. The Balaban J connectivity index is 1.50. The lowest BCUT2D eigenvalue weighted by Gasteiger charge is -2.31. The number of rotatable bonds is 9. The Bertz CT molecular complexity index is 638. The lowest BCUT2D eigenvalue weighted by Crippen LogP contribution is -2.45. The van der Waals surface area contributed by atoms with Crippen molar-refractivity contribution in [3.8, 4) is 5.75 Å². The molecule has 1 aliphatic heterocycles. The minimum atomic E-state index is -0.673. The van der Waals surface area contributed by atoms with Crippen LogP contribution in [0, 0.1) is 5.92 Å². The molecule has 3 rings (SSSR count). The van der Waals surface area contributed by atoms with Gasteiger partial charge in [-0.05, 0) is 68.8 Å². The molecule has 0 bridgehead atoms. The predicted molar refractivity (Wildman–Crippen MR) is 122 cm³/mol. The molecular weight excluding hydrogens is 376 g/mol. The van der Waals surface area contributed by atoms with E-state index in [4.69, 9.17) is 9.47 Å². The van der Waals surface area contributed by atoms with E-state index >= 15 is 0 Å². The van der Waals surface area contributed by atoms with Gasteiger partial charge in [0.2, 0.25) is 0 Å². The van der Waals surface area contributed by atoms with E-state index < -0.39 is 5.60 Å². The summed E-state index contributed by atoms with van der Waals surface area (Å²) < 4.78 is 12.1. The summed E-state index contributed by atoms with van der Waals surface area (Å²) in [5.41, 5.74) is 0.133. The molecule has 1 aliphatic carbocycles. The zero-order valence-electron chi connectivity index (χ0n) is 19.0. The normalized spacial score (nSPS) is 22.3. The molecule has 168 valence electrons. The van der Waals surface area contributed by atoms with Gasteiger partial charge in [0.25, 0.3) is 5.91 Å². The molecule has 30 heavy (non-hydrogen) atoms. The third kappa shape index (κ3) is 6.71. The lowest BCUT2D eigenvalue weighted by molar-refractivity contribution is -0.143. The maximum atomic E-state index is 13.1. The standard InChI is InChI=1S/C25H40N2O3/c1-3-18-30-25(14-6-4-5-7-15-25)24(28)26-22-10-12-23(13-11-22)29-19-17-27-16-8-9-21(2)20-27/h10-13,21H,3-9,14-20H2,1-2H3,(H,26,28)/t21-/m1/s1. The van der Waals surface area contributed by atoms with Crippen LogP contribution in [0.4, 0.5) is 5.69 Å². The topological polar surface area (TPSA) is 50.8 Å². The minimum absolute atomic E-state index is 0.00531. The molecule has 0 radical (unpaired) electrons. The molecule has 1 aromatic rings. The van der Waals surface area contributed by atoms with Crippen molar-refractivity contribution in [2.75, 3.05) is 38.2 Å². The number of hydrogen-bond donors (Lipinski definition) is 1. The van der Waals surface area contributed by atoms with Gasteiger partial charge < -0.3 is 14.8 Å². The van der Waals surface area contributed by atoms with E-state index in [9.17, 15) is 4.79 Å². The number of carbonyl (C=O) groups excluding carboxylic acids is 1. The van der Waals surface area contributed by atoms with Gasteiger partial charge in [-0.2, -0.15) is 0 Å². The third-order valence-electron chi connectivity index (χ3n) is 6.44. The van der Waals surface area contributed by atoms with Crippen LogP contribution >= 0.6 is 0 Å². The molecule has 2 fully saturated rings. The first-order valence-electron chi connectivity index (χ1n) is 12.0. The summed E-state index contributed by atoms with van der Waals surface area (Å²) in [5.74, 6) is 1.65. The fourth-order valence-corrected chi connectivity index (χ4v) is 4.70. The zero-order valence-corrected chi connectivity index (χ0v) is 19.0. The van der Waals surface area contributed by atoms with Crippen molar-refractivity contribution in [1.82, 2.24) is 4.90 Å². The Labute approximate surface area is 182 Å². The molecule has 5 nitrogen and oxygen atoms in total. The predicted octanol–water partition coefficient (Wildman–Crippen LogP) is 5.26. The Kier molecular flexibility index (Phi) is 9.01. The van der Waals surface area contributed by atoms with E-state index in [1.54, 1.807) is 0 Å². The Hall–Kier alpha value is -1.59. The first-order chi connectivity index (χ1) is 14.6. The second-order valence-corrected chi connectivity index (χ2v) is 9.13. The van der Waals surface area contributed by atoms with Crippen LogP contribution in [-0.2, 0) is 9.53 Å². The summed E-state index contributed by atoms with van der Waals surface area (Å²) in [6.45, 7) is 9.08. The molecule has 1 N–H and O–H groups in total. The van der Waals surface area contributed by atoms with E-state index in [1.165, 1.54) is 38.8 Å². The number of hydrogen-bond acceptors (Lipinski definition) is 4. The van der Waals surface area contributed by atoms with Gasteiger partial charge in [0.15, 0.2) is 0 Å². The van der Waals surface area contributed by atoms with Crippen LogP contribution in [0.15, 0.2) is 24.3 Å². The number of likely N-dealkylation sites (tertiary alicyclic amines) is 1. The van der Waals surface area contributed by atoms with Crippen molar-refractivity contribution in [2.24, 2.45) is 5.92 Å². The number of piperidine rings is 1. The monoisotopic (exact) mass is 416 g/mol. The number of ether oxygens (including phenoxy) is 2. The van der Waals surface area contributed by atoms with Crippen LogP contribution in [0.3, 0.4) is 0 Å². The Morgan fingerprint density at radius 2 is 1.83 bits per heavy atom. The van der Waals surface area contributed by atoms with Crippen LogP contribution in [0.5, 0.6) is 5.75 Å². The Morgan fingerprint density at radius 1 is 1.10 bits per heavy atom. The molecule has 1 saturated carbocycles. The van der Waals surface area contributed by atoms with Crippen LogP contribution in [0.25, 0.3) is 0 Å². The summed E-state index contributed by atoms with van der Waals surface area (Å²) in [6, 6.07) is 7.75. The SMILES string of the molecule is CCCOC1(C(=O)Nc2ccc(OCCN3CCC[C@@H](C)C3)cc2)CCCCCC1. The molecule has 1 aromatic carbocycles. The van der Waals surface area contributed by atoms with Crippen LogP contribution < -0.4 is 10.1 Å². The van der Waals surface area contributed by atoms with Crippen molar-refractivity contribution in [1.29, 1.82) is 0 Å². The van der Waals surface area contributed by atoms with E-state index in [-0.39, 0.29) is 5.91 Å². The van der Waals surface area contributed by atoms with E-state index in [0.717, 1.165) is 56.0 Å². The second-order valence-electron chi connectivity index (χ2n) is 9.13. The van der Waals surface area contributed by atoms with E-state index in [1.807, 2.05) is 24.3 Å². The number of nitrogens with one attached hydrogen (secondary N) is 1. The van der Waals surface area contributed by atoms with Gasteiger partial charge in [-0.15, -0.1) is 0 Å². The number of benzene rings is 1. The van der Waals surface area contributed by atoms with E-state index in [2.05, 4.69) is 24.1 Å². The lowest BCUT2D eigenvalue weighted by atomic mass is 9.92. The highest BCUT2D eigenvalue weighted by Gasteiger charge is 2.39. The van der Waals surface area contributed by atoms with Crippen molar-refractivity contribution in [2.45, 2.75) is 77.2 Å². The second kappa shape index (κ2) is 11.7. The average molecular weight is 417 g/mol. The maximum absolute atomic E-state index is 13.1. The highest BCUT2D eigenvalue weighted by molar-refractivity contribution is 5.97. The molecule has 0 unspecified atom stereocenters. The quantitative estimate of drug-likeness (QED) is 0.558. The van der Waals surface area contributed by atoms with Gasteiger partial charge in [-0.25, -0.2) is 0 Å². The Morgan fingerprint density at radius 3 is 2.50 bits per heavy atom. The first kappa shape index (κ1) is 23.1. The van der Waals surface area contributed by atoms with Gasteiger partial charge in [0.05, 0.1) is 0 Å². The summed E-state index contributed by atoms with van der Waals surface area (Å²) in [6.07, 6.45) is 9.68. The molecule has 0 spiro atoms. The van der Waals surface area contributed by atoms with Crippen LogP contribution in [0.1, 0.15) is 71.6 Å². The summed E-state index contributed by atoms with van der Waals surface area (Å²) in [5, 5.41) is 3.10. The summed E-state index contributed by atoms with van der Waals surface area (Å²) in [4.78, 5) is 15.6. The molecule has 2 aliphatic rings. The van der Waals surface area contributed by atoms with Crippen LogP contribution in [-0.4, -0.2) is 49.3 Å². The minimum Gasteiger partial charge on any atom is -0.492 e. The van der Waals surface area contributed by atoms with Gasteiger partial charge in [0, 0.05) is 25.4 Å². The fourth-order valence-electron chi connectivity index (χ4n) is 4.70. The number of nitrogens with zero attached hydrogens (tertiary/aromatic N) is 1. The molecule has 1 saturated heterocycles. The van der Waals surface area contributed by atoms with Crippen molar-refractivity contribution < 1.29 is 14.3 Å². The van der Waals surface area contributed by atoms with Gasteiger partial charge >= 0.3 is 0 Å². The summed E-state index contributed by atoms with van der Waals surface area (Å²) in [7, 11) is 0. The fraction of sp³-hybridized carbons (Fsp3) is 0.720.